The van der Waals surface area contributed by atoms with Gasteiger partial charge < -0.3 is 0 Å². The molecule has 4 nitrogen and oxygen atoms in total. The maximum Gasteiger partial charge on any atom is 0.225 e. The van der Waals surface area contributed by atoms with E-state index in [2.05, 4.69) is 62.2 Å². The minimum Gasteiger partial charge on any atom is -0.295 e. The Morgan fingerprint density at radius 3 is 1.61 bits per heavy atom. The first-order valence-corrected chi connectivity index (χ1v) is 13.3. The molecule has 2 aliphatic rings. The standard InChI is InChI=1S/C30H22Br2N2O2/c1-19(35)33-27-16-14-23(31)17-26(27)30(22-11-7-4-8-12-22)29(33,21-9-5-3-6-10-21)25-15-13-24(32)18-28(25)34(30)20(2)36/h3-18H,1-2H3/t29-,30-/m1/s1. The fraction of sp³-hybridized carbons (Fsp3) is 0.133. The molecule has 4 aromatic rings. The molecule has 0 spiro atoms. The molecular formula is C30H22Br2N2O2. The molecule has 6 rings (SSSR count). The van der Waals surface area contributed by atoms with Gasteiger partial charge in [-0.05, 0) is 41.5 Å². The minimum absolute atomic E-state index is 0.0977. The van der Waals surface area contributed by atoms with E-state index in [9.17, 15) is 9.59 Å². The van der Waals surface area contributed by atoms with Crippen LogP contribution in [0.4, 0.5) is 11.4 Å². The Balaban J connectivity index is 1.93. The molecule has 2 atom stereocenters. The Hall–Kier alpha value is -3.22. The van der Waals surface area contributed by atoms with Crippen molar-refractivity contribution in [1.29, 1.82) is 0 Å². The van der Waals surface area contributed by atoms with E-state index in [1.807, 2.05) is 76.5 Å². The second-order valence-corrected chi connectivity index (χ2v) is 11.0. The van der Waals surface area contributed by atoms with Gasteiger partial charge in [-0.1, -0.05) is 98.6 Å². The van der Waals surface area contributed by atoms with Crippen molar-refractivity contribution in [1.82, 2.24) is 0 Å². The summed E-state index contributed by atoms with van der Waals surface area (Å²) in [5, 5.41) is 0. The van der Waals surface area contributed by atoms with E-state index < -0.39 is 11.1 Å². The Labute approximate surface area is 226 Å². The summed E-state index contributed by atoms with van der Waals surface area (Å²) in [6, 6.07) is 32.2. The average molecular weight is 602 g/mol. The van der Waals surface area contributed by atoms with E-state index in [0.29, 0.717) is 0 Å². The van der Waals surface area contributed by atoms with Gasteiger partial charge in [-0.25, -0.2) is 0 Å². The molecule has 0 bridgehead atoms. The SMILES string of the molecule is CC(=O)N1c2ccc(Br)cc2[C@@]2(c3ccccc3)N(C(C)=O)c3cc(Br)ccc3[C@@]12c1ccccc1. The van der Waals surface area contributed by atoms with E-state index in [1.54, 1.807) is 13.8 Å². The van der Waals surface area contributed by atoms with Gasteiger partial charge in [0.05, 0.1) is 11.4 Å². The lowest BCUT2D eigenvalue weighted by Crippen LogP contribution is -2.62. The number of hydrogen-bond donors (Lipinski definition) is 0. The molecule has 0 N–H and O–H groups in total. The predicted octanol–water partition coefficient (Wildman–Crippen LogP) is 7.13. The van der Waals surface area contributed by atoms with Crippen LogP contribution in [0.5, 0.6) is 0 Å². The fourth-order valence-electron chi connectivity index (χ4n) is 6.46. The second-order valence-electron chi connectivity index (χ2n) is 9.18. The van der Waals surface area contributed by atoms with E-state index in [-0.39, 0.29) is 11.8 Å². The third-order valence-corrected chi connectivity index (χ3v) is 8.37. The molecule has 6 heteroatoms. The van der Waals surface area contributed by atoms with Gasteiger partial charge in [0.1, 0.15) is 11.1 Å². The summed E-state index contributed by atoms with van der Waals surface area (Å²) in [6.07, 6.45) is 0. The molecule has 0 saturated heterocycles. The van der Waals surface area contributed by atoms with Gasteiger partial charge in [-0.15, -0.1) is 0 Å². The quantitative estimate of drug-likeness (QED) is 0.245. The highest BCUT2D eigenvalue weighted by molar-refractivity contribution is 9.10. The highest BCUT2D eigenvalue weighted by Crippen LogP contribution is 2.70. The normalized spacial score (nSPS) is 21.7. The third kappa shape index (κ3) is 2.74. The molecule has 0 aromatic heterocycles. The van der Waals surface area contributed by atoms with Crippen LogP contribution >= 0.6 is 31.9 Å². The first-order chi connectivity index (χ1) is 17.3. The molecule has 2 amide bonds. The largest absolute Gasteiger partial charge is 0.295 e. The third-order valence-electron chi connectivity index (χ3n) is 7.39. The minimum atomic E-state index is -1.05. The van der Waals surface area contributed by atoms with Crippen LogP contribution in [0.2, 0.25) is 0 Å². The molecule has 0 saturated carbocycles. The van der Waals surface area contributed by atoms with Crippen molar-refractivity contribution in [3.63, 3.8) is 0 Å². The molecule has 36 heavy (non-hydrogen) atoms. The summed E-state index contributed by atoms with van der Waals surface area (Å²) in [5.74, 6) is -0.202. The van der Waals surface area contributed by atoms with Gasteiger partial charge in [0.25, 0.3) is 0 Å². The van der Waals surface area contributed by atoms with Crippen molar-refractivity contribution in [3.05, 3.63) is 128 Å². The van der Waals surface area contributed by atoms with Crippen molar-refractivity contribution in [3.8, 4) is 0 Å². The summed E-state index contributed by atoms with van der Waals surface area (Å²) in [6.45, 7) is 3.21. The highest BCUT2D eigenvalue weighted by atomic mass is 79.9. The maximum absolute atomic E-state index is 13.8. The van der Waals surface area contributed by atoms with Gasteiger partial charge in [0.15, 0.2) is 0 Å². The average Bonchev–Trinajstić information content (AvgIpc) is 3.28. The number of benzene rings is 4. The molecule has 0 radical (unpaired) electrons. The first kappa shape index (κ1) is 23.2. The summed E-state index contributed by atoms with van der Waals surface area (Å²) in [7, 11) is 0. The molecule has 178 valence electrons. The number of carbonyl (C=O) groups excluding carboxylic acids is 2. The Bertz CT molecular complexity index is 1540. The van der Waals surface area contributed by atoms with Crippen molar-refractivity contribution in [2.75, 3.05) is 9.80 Å². The van der Waals surface area contributed by atoms with Crippen molar-refractivity contribution in [2.24, 2.45) is 0 Å². The topological polar surface area (TPSA) is 40.6 Å². The van der Waals surface area contributed by atoms with E-state index >= 15 is 0 Å². The van der Waals surface area contributed by atoms with Crippen molar-refractivity contribution < 1.29 is 9.59 Å². The van der Waals surface area contributed by atoms with Gasteiger partial charge in [-0.3, -0.25) is 19.4 Å². The number of rotatable bonds is 2. The maximum atomic E-state index is 13.8. The Morgan fingerprint density at radius 1 is 0.583 bits per heavy atom. The zero-order valence-electron chi connectivity index (χ0n) is 19.7. The van der Waals surface area contributed by atoms with Crippen LogP contribution in [0, 0.1) is 0 Å². The van der Waals surface area contributed by atoms with Gasteiger partial charge in [-0.2, -0.15) is 0 Å². The summed E-state index contributed by atoms with van der Waals surface area (Å²) >= 11 is 7.31. The van der Waals surface area contributed by atoms with Crippen LogP contribution in [0.25, 0.3) is 0 Å². The lowest BCUT2D eigenvalue weighted by atomic mass is 9.65. The molecule has 0 aliphatic carbocycles. The number of anilines is 2. The smallest absolute Gasteiger partial charge is 0.225 e. The number of nitrogens with zero attached hydrogens (tertiary/aromatic N) is 2. The van der Waals surface area contributed by atoms with E-state index in [0.717, 1.165) is 42.6 Å². The molecule has 0 fully saturated rings. The van der Waals surface area contributed by atoms with Crippen molar-refractivity contribution in [2.45, 2.75) is 24.9 Å². The molecule has 0 unspecified atom stereocenters. The zero-order valence-corrected chi connectivity index (χ0v) is 22.9. The van der Waals surface area contributed by atoms with Crippen molar-refractivity contribution >= 4 is 55.0 Å². The Morgan fingerprint density at radius 2 is 1.06 bits per heavy atom. The van der Waals surface area contributed by atoms with Gasteiger partial charge in [0.2, 0.25) is 11.8 Å². The molecular weight excluding hydrogens is 580 g/mol. The van der Waals surface area contributed by atoms with E-state index in [4.69, 9.17) is 0 Å². The van der Waals surface area contributed by atoms with Crippen LogP contribution in [-0.4, -0.2) is 11.8 Å². The fourth-order valence-corrected chi connectivity index (χ4v) is 7.17. The molecule has 2 aliphatic heterocycles. The van der Waals surface area contributed by atoms with Gasteiger partial charge in [0, 0.05) is 33.9 Å². The number of hydrogen-bond acceptors (Lipinski definition) is 2. The zero-order chi connectivity index (χ0) is 25.2. The van der Waals surface area contributed by atoms with Crippen LogP contribution in [0.1, 0.15) is 36.1 Å². The number of fused-ring (bicyclic) bond motifs is 5. The van der Waals surface area contributed by atoms with Crippen LogP contribution in [0.3, 0.4) is 0 Å². The molecule has 2 heterocycles. The summed E-state index contributed by atoms with van der Waals surface area (Å²) in [5.41, 5.74) is 3.15. The first-order valence-electron chi connectivity index (χ1n) is 11.7. The second kappa shape index (κ2) is 8.15. The number of halogens is 2. The summed E-state index contributed by atoms with van der Waals surface area (Å²) in [4.78, 5) is 31.3. The Kier molecular flexibility index (Phi) is 5.25. The van der Waals surface area contributed by atoms with Crippen LogP contribution < -0.4 is 9.80 Å². The highest BCUT2D eigenvalue weighted by Gasteiger charge is 2.73. The van der Waals surface area contributed by atoms with Crippen LogP contribution in [-0.2, 0) is 20.7 Å². The summed E-state index contributed by atoms with van der Waals surface area (Å²) < 4.78 is 1.74. The van der Waals surface area contributed by atoms with Crippen LogP contribution in [0.15, 0.2) is 106 Å². The monoisotopic (exact) mass is 600 g/mol. The lowest BCUT2D eigenvalue weighted by molar-refractivity contribution is -0.119. The molecule has 4 aromatic carbocycles. The lowest BCUT2D eigenvalue weighted by Gasteiger charge is -2.49. The predicted molar refractivity (Wildman–Crippen MR) is 149 cm³/mol. The van der Waals surface area contributed by atoms with E-state index in [1.165, 1.54) is 0 Å². The van der Waals surface area contributed by atoms with Gasteiger partial charge >= 0.3 is 0 Å². The number of carbonyl (C=O) groups is 2. The number of amides is 2.